The van der Waals surface area contributed by atoms with Crippen LogP contribution in [0.2, 0.25) is 0 Å². The van der Waals surface area contributed by atoms with E-state index in [0.29, 0.717) is 17.8 Å². The molecule has 2 heterocycles. The van der Waals surface area contributed by atoms with E-state index < -0.39 is 0 Å². The number of aromatic amines is 1. The average molecular weight is 352 g/mol. The number of nitrogens with zero attached hydrogens (tertiary/aromatic N) is 3. The third-order valence-electron chi connectivity index (χ3n) is 5.71. The van der Waals surface area contributed by atoms with Crippen LogP contribution < -0.4 is 0 Å². The van der Waals surface area contributed by atoms with Crippen molar-refractivity contribution >= 4 is 10.9 Å². The molecule has 0 spiro atoms. The first-order chi connectivity index (χ1) is 12.5. The lowest BCUT2D eigenvalue weighted by molar-refractivity contribution is 0.224. The number of likely N-dealkylation sites (N-methyl/N-ethyl adjacent to an activating group) is 1. The monoisotopic (exact) mass is 352 g/mol. The quantitative estimate of drug-likeness (QED) is 0.736. The van der Waals surface area contributed by atoms with Crippen LogP contribution in [-0.2, 0) is 19.3 Å². The van der Waals surface area contributed by atoms with Crippen LogP contribution in [0.3, 0.4) is 0 Å². The van der Waals surface area contributed by atoms with Gasteiger partial charge in [-0.2, -0.15) is 5.10 Å². The molecule has 1 aromatic carbocycles. The largest absolute Gasteiger partial charge is 0.508 e. The minimum atomic E-state index is 0.344. The highest BCUT2D eigenvalue weighted by atomic mass is 16.3. The highest BCUT2D eigenvalue weighted by molar-refractivity contribution is 5.86. The van der Waals surface area contributed by atoms with Crippen molar-refractivity contribution in [3.8, 4) is 5.75 Å². The fourth-order valence-electron chi connectivity index (χ4n) is 4.04. The Morgan fingerprint density at radius 2 is 2.23 bits per heavy atom. The highest BCUT2D eigenvalue weighted by Gasteiger charge is 2.25. The third-order valence-corrected chi connectivity index (χ3v) is 5.71. The summed E-state index contributed by atoms with van der Waals surface area (Å²) in [6.07, 6.45) is 8.48. The molecule has 1 aliphatic rings. The second-order valence-corrected chi connectivity index (χ2v) is 7.86. The van der Waals surface area contributed by atoms with Crippen LogP contribution in [0.15, 0.2) is 30.6 Å². The summed E-state index contributed by atoms with van der Waals surface area (Å²) in [4.78, 5) is 6.02. The first kappa shape index (κ1) is 17.2. The van der Waals surface area contributed by atoms with Crippen molar-refractivity contribution in [1.29, 1.82) is 0 Å². The van der Waals surface area contributed by atoms with Crippen LogP contribution >= 0.6 is 0 Å². The zero-order chi connectivity index (χ0) is 18.3. The number of phenols is 1. The summed E-state index contributed by atoms with van der Waals surface area (Å²) in [5.74, 6) is 0.344. The molecule has 138 valence electrons. The Morgan fingerprint density at radius 1 is 1.38 bits per heavy atom. The Bertz CT molecular complexity index is 908. The number of hydrogen-bond acceptors (Lipinski definition) is 3. The molecular weight excluding hydrogens is 324 g/mol. The molecule has 2 aromatic heterocycles. The number of aryl methyl sites for hydroxylation is 1. The Morgan fingerprint density at radius 3 is 3.00 bits per heavy atom. The highest BCUT2D eigenvalue weighted by Crippen LogP contribution is 2.32. The van der Waals surface area contributed by atoms with Gasteiger partial charge >= 0.3 is 0 Å². The standard InChI is InChI=1S/C21H28N4O/c1-14(2)25-13-15(12-22-25)8-9-24(3)16-4-6-20-18(10-16)19-11-17(26)5-7-21(19)23-20/h5,7,11-14,16,23,26H,4,6,8-10H2,1-3H3. The maximum absolute atomic E-state index is 9.84. The van der Waals surface area contributed by atoms with E-state index in [-0.39, 0.29) is 0 Å². The molecule has 0 saturated carbocycles. The minimum Gasteiger partial charge on any atom is -0.508 e. The molecule has 0 amide bonds. The van der Waals surface area contributed by atoms with Crippen LogP contribution in [0.25, 0.3) is 10.9 Å². The van der Waals surface area contributed by atoms with E-state index in [4.69, 9.17) is 0 Å². The van der Waals surface area contributed by atoms with Gasteiger partial charge in [0.25, 0.3) is 0 Å². The molecular formula is C21H28N4O. The van der Waals surface area contributed by atoms with Gasteiger partial charge in [-0.3, -0.25) is 4.68 Å². The molecule has 0 fully saturated rings. The molecule has 1 unspecified atom stereocenters. The number of phenolic OH excluding ortho intramolecular Hbond substituents is 1. The predicted molar refractivity (Wildman–Crippen MR) is 105 cm³/mol. The van der Waals surface area contributed by atoms with Crippen molar-refractivity contribution in [3.05, 3.63) is 47.4 Å². The van der Waals surface area contributed by atoms with Gasteiger partial charge in [-0.25, -0.2) is 0 Å². The van der Waals surface area contributed by atoms with E-state index in [0.717, 1.165) is 31.3 Å². The second-order valence-electron chi connectivity index (χ2n) is 7.86. The molecule has 1 aliphatic carbocycles. The number of H-pyrrole nitrogens is 1. The zero-order valence-electron chi connectivity index (χ0n) is 15.9. The summed E-state index contributed by atoms with van der Waals surface area (Å²) in [5, 5.41) is 15.5. The van der Waals surface area contributed by atoms with Crippen molar-refractivity contribution in [2.45, 2.75) is 51.6 Å². The van der Waals surface area contributed by atoms with Gasteiger partial charge in [-0.05, 0) is 75.9 Å². The van der Waals surface area contributed by atoms with Crippen molar-refractivity contribution in [3.63, 3.8) is 0 Å². The Balaban J connectivity index is 1.44. The van der Waals surface area contributed by atoms with E-state index in [1.165, 1.54) is 28.6 Å². The molecule has 0 saturated heterocycles. The summed E-state index contributed by atoms with van der Waals surface area (Å²) in [6, 6.07) is 6.59. The van der Waals surface area contributed by atoms with E-state index in [1.807, 2.05) is 23.0 Å². The SMILES string of the molecule is CC(C)n1cc(CCN(C)C2CCc3[nH]c4ccc(O)cc4c3C2)cn1. The fourth-order valence-corrected chi connectivity index (χ4v) is 4.04. The lowest BCUT2D eigenvalue weighted by atomic mass is 9.90. The molecule has 0 aliphatic heterocycles. The Hall–Kier alpha value is -2.27. The second kappa shape index (κ2) is 6.80. The average Bonchev–Trinajstić information content (AvgIpc) is 3.23. The van der Waals surface area contributed by atoms with Gasteiger partial charge in [-0.1, -0.05) is 0 Å². The summed E-state index contributed by atoms with van der Waals surface area (Å²) < 4.78 is 2.03. The summed E-state index contributed by atoms with van der Waals surface area (Å²) in [7, 11) is 2.23. The smallest absolute Gasteiger partial charge is 0.116 e. The van der Waals surface area contributed by atoms with Crippen LogP contribution in [0.5, 0.6) is 5.75 Å². The van der Waals surface area contributed by atoms with Crippen molar-refractivity contribution in [1.82, 2.24) is 19.7 Å². The lowest BCUT2D eigenvalue weighted by Crippen LogP contribution is -2.37. The normalized spacial score (nSPS) is 17.3. The van der Waals surface area contributed by atoms with Crippen LogP contribution in [-0.4, -0.2) is 44.4 Å². The number of nitrogens with one attached hydrogen (secondary N) is 1. The Kier molecular flexibility index (Phi) is 4.49. The number of benzene rings is 1. The molecule has 26 heavy (non-hydrogen) atoms. The van der Waals surface area contributed by atoms with E-state index >= 15 is 0 Å². The van der Waals surface area contributed by atoms with Gasteiger partial charge in [0.2, 0.25) is 0 Å². The first-order valence-electron chi connectivity index (χ1n) is 9.57. The van der Waals surface area contributed by atoms with Crippen LogP contribution in [0, 0.1) is 0 Å². The number of aromatic hydroxyl groups is 1. The van der Waals surface area contributed by atoms with Gasteiger partial charge in [-0.15, -0.1) is 0 Å². The first-order valence-corrected chi connectivity index (χ1v) is 9.57. The van der Waals surface area contributed by atoms with Crippen LogP contribution in [0.4, 0.5) is 0 Å². The predicted octanol–water partition coefficient (Wildman–Crippen LogP) is 3.68. The fraction of sp³-hybridized carbons (Fsp3) is 0.476. The van der Waals surface area contributed by atoms with Crippen molar-refractivity contribution < 1.29 is 5.11 Å². The molecule has 4 rings (SSSR count). The van der Waals surface area contributed by atoms with Crippen molar-refractivity contribution in [2.24, 2.45) is 0 Å². The number of hydrogen-bond donors (Lipinski definition) is 2. The number of rotatable bonds is 5. The van der Waals surface area contributed by atoms with Gasteiger partial charge in [0, 0.05) is 41.4 Å². The topological polar surface area (TPSA) is 57.1 Å². The number of aromatic nitrogens is 3. The van der Waals surface area contributed by atoms with E-state index in [9.17, 15) is 5.11 Å². The van der Waals surface area contributed by atoms with Gasteiger partial charge in [0.15, 0.2) is 0 Å². The molecule has 5 nitrogen and oxygen atoms in total. The molecule has 3 aromatic rings. The summed E-state index contributed by atoms with van der Waals surface area (Å²) in [5.41, 5.74) is 5.16. The van der Waals surface area contributed by atoms with Gasteiger partial charge in [0.1, 0.15) is 5.75 Å². The summed E-state index contributed by atoms with van der Waals surface area (Å²) in [6.45, 7) is 5.35. The maximum Gasteiger partial charge on any atom is 0.116 e. The van der Waals surface area contributed by atoms with E-state index in [1.54, 1.807) is 6.07 Å². The molecule has 0 bridgehead atoms. The summed E-state index contributed by atoms with van der Waals surface area (Å²) >= 11 is 0. The molecule has 1 atom stereocenters. The molecule has 2 N–H and O–H groups in total. The van der Waals surface area contributed by atoms with Gasteiger partial charge in [0.05, 0.1) is 6.20 Å². The van der Waals surface area contributed by atoms with Crippen molar-refractivity contribution in [2.75, 3.05) is 13.6 Å². The van der Waals surface area contributed by atoms with E-state index in [2.05, 4.69) is 42.1 Å². The van der Waals surface area contributed by atoms with Crippen LogP contribution in [0.1, 0.15) is 43.1 Å². The Labute approximate surface area is 154 Å². The zero-order valence-corrected chi connectivity index (χ0v) is 15.9. The minimum absolute atomic E-state index is 0.344. The van der Waals surface area contributed by atoms with Gasteiger partial charge < -0.3 is 15.0 Å². The molecule has 5 heteroatoms. The lowest BCUT2D eigenvalue weighted by Gasteiger charge is -2.31. The molecule has 0 radical (unpaired) electrons. The maximum atomic E-state index is 9.84. The third kappa shape index (κ3) is 3.23. The number of fused-ring (bicyclic) bond motifs is 3.